The number of aliphatic carboxylic acids is 1. The fraction of sp³-hybridized carbons (Fsp3) is 0.750. The van der Waals surface area contributed by atoms with Gasteiger partial charge in [0.2, 0.25) is 0 Å². The molecule has 0 spiro atoms. The maximum atomic E-state index is 10.7. The lowest BCUT2D eigenvalue weighted by Crippen LogP contribution is -2.30. The van der Waals surface area contributed by atoms with E-state index >= 15 is 0 Å². The topological polar surface area (TPSA) is 37.3 Å². The van der Waals surface area contributed by atoms with Gasteiger partial charge in [-0.3, -0.25) is 0 Å². The van der Waals surface area contributed by atoms with E-state index in [0.717, 1.165) is 6.42 Å². The highest BCUT2D eigenvalue weighted by molar-refractivity contribution is 5.85. The van der Waals surface area contributed by atoms with Crippen molar-refractivity contribution >= 4 is 5.97 Å². The Morgan fingerprint density at radius 2 is 1.71 bits per heavy atom. The summed E-state index contributed by atoms with van der Waals surface area (Å²) in [7, 11) is 0. The highest BCUT2D eigenvalue weighted by Crippen LogP contribution is 2.42. The van der Waals surface area contributed by atoms with Crippen molar-refractivity contribution in [2.45, 2.75) is 48.0 Å². The normalized spacial score (nSPS) is 14.3. The van der Waals surface area contributed by atoms with E-state index in [1.165, 1.54) is 0 Å². The van der Waals surface area contributed by atoms with Gasteiger partial charge in [-0.1, -0.05) is 47.1 Å². The van der Waals surface area contributed by atoms with E-state index in [9.17, 15) is 4.79 Å². The molecule has 0 aromatic carbocycles. The lowest BCUT2D eigenvalue weighted by molar-refractivity contribution is -0.132. The molecule has 0 heterocycles. The Balaban J connectivity index is 4.98. The van der Waals surface area contributed by atoms with Gasteiger partial charge in [-0.05, 0) is 17.8 Å². The Hall–Kier alpha value is -0.790. The molecule has 0 radical (unpaired) electrons. The van der Waals surface area contributed by atoms with Gasteiger partial charge in [0, 0.05) is 5.57 Å². The first-order valence-electron chi connectivity index (χ1n) is 5.07. The largest absolute Gasteiger partial charge is 0.478 e. The van der Waals surface area contributed by atoms with Crippen molar-refractivity contribution in [3.63, 3.8) is 0 Å². The fourth-order valence-corrected chi connectivity index (χ4v) is 1.25. The maximum Gasteiger partial charge on any atom is 0.330 e. The SMILES string of the molecule is CCC(C)(C)C(C)(C)C=C(C)C(=O)O. The number of allylic oxidation sites excluding steroid dienone is 1. The van der Waals surface area contributed by atoms with Crippen LogP contribution in [0.25, 0.3) is 0 Å². The van der Waals surface area contributed by atoms with Crippen molar-refractivity contribution in [2.75, 3.05) is 0 Å². The minimum Gasteiger partial charge on any atom is -0.478 e. The summed E-state index contributed by atoms with van der Waals surface area (Å²) in [5, 5.41) is 8.82. The number of rotatable bonds is 4. The molecule has 0 amide bonds. The van der Waals surface area contributed by atoms with Crippen LogP contribution in [0.1, 0.15) is 48.0 Å². The summed E-state index contributed by atoms with van der Waals surface area (Å²) < 4.78 is 0. The Bertz CT molecular complexity index is 247. The zero-order chi connectivity index (χ0) is 11.6. The molecule has 14 heavy (non-hydrogen) atoms. The quantitative estimate of drug-likeness (QED) is 0.702. The average Bonchev–Trinajstić information content (AvgIpc) is 2.03. The van der Waals surface area contributed by atoms with E-state index < -0.39 is 5.97 Å². The molecule has 0 aliphatic heterocycles. The molecule has 0 saturated carbocycles. The summed E-state index contributed by atoms with van der Waals surface area (Å²) in [6, 6.07) is 0. The lowest BCUT2D eigenvalue weighted by Gasteiger charge is -2.39. The van der Waals surface area contributed by atoms with Crippen LogP contribution in [0.2, 0.25) is 0 Å². The van der Waals surface area contributed by atoms with Crippen molar-refractivity contribution < 1.29 is 9.90 Å². The van der Waals surface area contributed by atoms with Crippen LogP contribution in [-0.2, 0) is 4.79 Å². The molecule has 2 heteroatoms. The lowest BCUT2D eigenvalue weighted by atomic mass is 9.66. The van der Waals surface area contributed by atoms with Gasteiger partial charge in [-0.2, -0.15) is 0 Å². The smallest absolute Gasteiger partial charge is 0.330 e. The van der Waals surface area contributed by atoms with E-state index in [-0.39, 0.29) is 10.8 Å². The number of carboxylic acid groups (broad SMARTS) is 1. The summed E-state index contributed by atoms with van der Waals surface area (Å²) >= 11 is 0. The van der Waals surface area contributed by atoms with Gasteiger partial charge >= 0.3 is 5.97 Å². The monoisotopic (exact) mass is 198 g/mol. The number of carboxylic acids is 1. The first-order chi connectivity index (χ1) is 6.14. The van der Waals surface area contributed by atoms with Crippen LogP contribution in [0.3, 0.4) is 0 Å². The molecule has 0 aliphatic rings. The third kappa shape index (κ3) is 2.86. The van der Waals surface area contributed by atoms with Crippen LogP contribution in [0.4, 0.5) is 0 Å². The van der Waals surface area contributed by atoms with Crippen LogP contribution in [-0.4, -0.2) is 11.1 Å². The van der Waals surface area contributed by atoms with Crippen molar-refractivity contribution in [1.82, 2.24) is 0 Å². The van der Waals surface area contributed by atoms with Crippen LogP contribution in [0, 0.1) is 10.8 Å². The van der Waals surface area contributed by atoms with E-state index in [1.54, 1.807) is 6.92 Å². The predicted molar refractivity (Wildman–Crippen MR) is 59.2 cm³/mol. The molecular weight excluding hydrogens is 176 g/mol. The number of hydrogen-bond acceptors (Lipinski definition) is 1. The molecule has 0 aromatic rings. The zero-order valence-electron chi connectivity index (χ0n) is 10.1. The minimum absolute atomic E-state index is 0.0930. The van der Waals surface area contributed by atoms with Crippen molar-refractivity contribution in [1.29, 1.82) is 0 Å². The van der Waals surface area contributed by atoms with Crippen LogP contribution >= 0.6 is 0 Å². The Morgan fingerprint density at radius 1 is 1.29 bits per heavy atom. The number of carbonyl (C=O) groups is 1. The molecule has 0 aliphatic carbocycles. The standard InChI is InChI=1S/C12H22O2/c1-7-11(3,4)12(5,6)8-9(2)10(13)14/h8H,7H2,1-6H3,(H,13,14). The summed E-state index contributed by atoms with van der Waals surface area (Å²) in [5.41, 5.74) is 0.449. The molecule has 0 rings (SSSR count). The second-order valence-electron chi connectivity index (χ2n) is 5.09. The van der Waals surface area contributed by atoms with Gasteiger partial charge in [-0.25, -0.2) is 4.79 Å². The van der Waals surface area contributed by atoms with Crippen molar-refractivity contribution in [2.24, 2.45) is 10.8 Å². The Kier molecular flexibility index (Phi) is 3.92. The third-order valence-electron chi connectivity index (χ3n) is 3.54. The Labute approximate surface area is 87.0 Å². The van der Waals surface area contributed by atoms with Gasteiger partial charge < -0.3 is 5.11 Å². The van der Waals surface area contributed by atoms with Crippen LogP contribution in [0.15, 0.2) is 11.6 Å². The summed E-state index contributed by atoms with van der Waals surface area (Å²) in [5.74, 6) is -0.829. The van der Waals surface area contributed by atoms with Gasteiger partial charge in [-0.15, -0.1) is 0 Å². The van der Waals surface area contributed by atoms with E-state index in [4.69, 9.17) is 5.11 Å². The van der Waals surface area contributed by atoms with E-state index in [1.807, 2.05) is 6.08 Å². The summed E-state index contributed by atoms with van der Waals surface area (Å²) in [4.78, 5) is 10.7. The Morgan fingerprint density at radius 3 is 2.00 bits per heavy atom. The van der Waals surface area contributed by atoms with Crippen molar-refractivity contribution in [3.8, 4) is 0 Å². The first kappa shape index (κ1) is 13.2. The average molecular weight is 198 g/mol. The second-order valence-corrected chi connectivity index (χ2v) is 5.09. The number of hydrogen-bond donors (Lipinski definition) is 1. The molecule has 0 aromatic heterocycles. The zero-order valence-corrected chi connectivity index (χ0v) is 10.1. The summed E-state index contributed by atoms with van der Waals surface area (Å²) in [6.45, 7) is 12.3. The summed E-state index contributed by atoms with van der Waals surface area (Å²) in [6.07, 6.45) is 2.89. The van der Waals surface area contributed by atoms with E-state index in [0.29, 0.717) is 5.57 Å². The minimum atomic E-state index is -0.829. The molecule has 0 unspecified atom stereocenters. The van der Waals surface area contributed by atoms with E-state index in [2.05, 4.69) is 34.6 Å². The molecule has 0 saturated heterocycles. The second kappa shape index (κ2) is 4.16. The maximum absolute atomic E-state index is 10.7. The van der Waals surface area contributed by atoms with Gasteiger partial charge in [0.15, 0.2) is 0 Å². The molecule has 0 bridgehead atoms. The van der Waals surface area contributed by atoms with Gasteiger partial charge in [0.25, 0.3) is 0 Å². The first-order valence-corrected chi connectivity index (χ1v) is 5.07. The molecule has 0 fully saturated rings. The molecule has 1 N–H and O–H groups in total. The van der Waals surface area contributed by atoms with Crippen molar-refractivity contribution in [3.05, 3.63) is 11.6 Å². The van der Waals surface area contributed by atoms with Crippen LogP contribution < -0.4 is 0 Å². The highest BCUT2D eigenvalue weighted by Gasteiger charge is 2.33. The molecular formula is C12H22O2. The van der Waals surface area contributed by atoms with Gasteiger partial charge in [0.1, 0.15) is 0 Å². The molecule has 82 valence electrons. The highest BCUT2D eigenvalue weighted by atomic mass is 16.4. The molecule has 2 nitrogen and oxygen atoms in total. The van der Waals surface area contributed by atoms with Gasteiger partial charge in [0.05, 0.1) is 0 Å². The predicted octanol–water partition coefficient (Wildman–Crippen LogP) is 3.48. The molecule has 0 atom stereocenters. The van der Waals surface area contributed by atoms with Crippen LogP contribution in [0.5, 0.6) is 0 Å². The third-order valence-corrected chi connectivity index (χ3v) is 3.54. The fourth-order valence-electron chi connectivity index (χ4n) is 1.25.